The minimum Gasteiger partial charge on any atom is -0.396 e. The van der Waals surface area contributed by atoms with Gasteiger partial charge in [-0.3, -0.25) is 4.79 Å². The quantitative estimate of drug-likeness (QED) is 0.725. The summed E-state index contributed by atoms with van der Waals surface area (Å²) in [5.41, 5.74) is 0.680. The van der Waals surface area contributed by atoms with Crippen LogP contribution in [0.3, 0.4) is 0 Å². The molecule has 1 aromatic carbocycles. The molecule has 1 amide bonds. The molecule has 0 saturated carbocycles. The first-order valence-electron chi connectivity index (χ1n) is 5.51. The number of nitrogens with one attached hydrogen (secondary N) is 2. The predicted octanol–water partition coefficient (Wildman–Crippen LogP) is 1.64. The maximum atomic E-state index is 11.6. The van der Waals surface area contributed by atoms with Crippen molar-refractivity contribution in [3.8, 4) is 0 Å². The number of carbonyl (C=O) groups is 1. The van der Waals surface area contributed by atoms with Crippen LogP contribution in [0.5, 0.6) is 0 Å². The Hall–Kier alpha value is -1.10. The molecule has 0 saturated heterocycles. The number of rotatable bonds is 6. The van der Waals surface area contributed by atoms with Crippen LogP contribution in [-0.4, -0.2) is 30.2 Å². The Morgan fingerprint density at radius 1 is 1.53 bits per heavy atom. The number of hydrogen-bond acceptors (Lipinski definition) is 3. The van der Waals surface area contributed by atoms with Gasteiger partial charge in [0.25, 0.3) is 0 Å². The zero-order valence-corrected chi connectivity index (χ0v) is 10.5. The summed E-state index contributed by atoms with van der Waals surface area (Å²) in [6, 6.07) is 7.11. The minimum atomic E-state index is -0.128. The SMILES string of the molecule is CC(CCO)NCC(=O)Nc1cccc(Cl)c1. The van der Waals surface area contributed by atoms with Crippen LogP contribution in [0.1, 0.15) is 13.3 Å². The van der Waals surface area contributed by atoms with Crippen LogP contribution in [0.2, 0.25) is 5.02 Å². The van der Waals surface area contributed by atoms with Crippen molar-refractivity contribution in [3.63, 3.8) is 0 Å². The molecule has 0 bridgehead atoms. The molecule has 0 heterocycles. The van der Waals surface area contributed by atoms with Crippen molar-refractivity contribution < 1.29 is 9.90 Å². The smallest absolute Gasteiger partial charge is 0.238 e. The van der Waals surface area contributed by atoms with Crippen molar-refractivity contribution >= 4 is 23.2 Å². The molecule has 0 aliphatic carbocycles. The minimum absolute atomic E-state index is 0.115. The summed E-state index contributed by atoms with van der Waals surface area (Å²) >= 11 is 5.80. The van der Waals surface area contributed by atoms with Crippen molar-refractivity contribution in [1.29, 1.82) is 0 Å². The molecule has 0 aliphatic rings. The summed E-state index contributed by atoms with van der Waals surface area (Å²) in [7, 11) is 0. The van der Waals surface area contributed by atoms with Crippen LogP contribution < -0.4 is 10.6 Å². The van der Waals surface area contributed by atoms with Crippen LogP contribution >= 0.6 is 11.6 Å². The molecule has 1 aromatic rings. The van der Waals surface area contributed by atoms with Gasteiger partial charge in [-0.1, -0.05) is 17.7 Å². The number of amides is 1. The van der Waals surface area contributed by atoms with Gasteiger partial charge in [0.2, 0.25) is 5.91 Å². The molecule has 4 nitrogen and oxygen atoms in total. The molecule has 0 spiro atoms. The fourth-order valence-corrected chi connectivity index (χ4v) is 1.52. The van der Waals surface area contributed by atoms with E-state index in [0.29, 0.717) is 17.1 Å². The molecule has 1 rings (SSSR count). The molecular formula is C12H17ClN2O2. The van der Waals surface area contributed by atoms with Gasteiger partial charge in [-0.05, 0) is 31.5 Å². The van der Waals surface area contributed by atoms with Crippen LogP contribution in [0.4, 0.5) is 5.69 Å². The summed E-state index contributed by atoms with van der Waals surface area (Å²) in [4.78, 5) is 11.6. The largest absolute Gasteiger partial charge is 0.396 e. The highest BCUT2D eigenvalue weighted by molar-refractivity contribution is 6.30. The Morgan fingerprint density at radius 3 is 2.94 bits per heavy atom. The zero-order chi connectivity index (χ0) is 12.7. The maximum Gasteiger partial charge on any atom is 0.238 e. The number of aliphatic hydroxyl groups is 1. The maximum absolute atomic E-state index is 11.6. The topological polar surface area (TPSA) is 61.4 Å². The highest BCUT2D eigenvalue weighted by Gasteiger charge is 2.05. The molecule has 5 heteroatoms. The van der Waals surface area contributed by atoms with Crippen molar-refractivity contribution in [3.05, 3.63) is 29.3 Å². The molecule has 3 N–H and O–H groups in total. The van der Waals surface area contributed by atoms with Crippen molar-refractivity contribution in [2.24, 2.45) is 0 Å². The number of benzene rings is 1. The summed E-state index contributed by atoms with van der Waals surface area (Å²) in [6.45, 7) is 2.25. The first-order valence-corrected chi connectivity index (χ1v) is 5.89. The summed E-state index contributed by atoms with van der Waals surface area (Å²) in [6.07, 6.45) is 0.629. The second kappa shape index (κ2) is 7.27. The van der Waals surface area contributed by atoms with E-state index in [1.54, 1.807) is 24.3 Å². The van der Waals surface area contributed by atoms with Gasteiger partial charge in [0.05, 0.1) is 6.54 Å². The van der Waals surface area contributed by atoms with E-state index in [-0.39, 0.29) is 25.1 Å². The number of hydrogen-bond donors (Lipinski definition) is 3. The molecule has 94 valence electrons. The van der Waals surface area contributed by atoms with Crippen molar-refractivity contribution in [2.75, 3.05) is 18.5 Å². The van der Waals surface area contributed by atoms with Crippen LogP contribution in [0.15, 0.2) is 24.3 Å². The van der Waals surface area contributed by atoms with E-state index < -0.39 is 0 Å². The van der Waals surface area contributed by atoms with E-state index in [1.165, 1.54) is 0 Å². The molecule has 0 radical (unpaired) electrons. The predicted molar refractivity (Wildman–Crippen MR) is 69.2 cm³/mol. The third-order valence-electron chi connectivity index (χ3n) is 2.28. The first kappa shape index (κ1) is 14.0. The highest BCUT2D eigenvalue weighted by atomic mass is 35.5. The summed E-state index contributed by atoms with van der Waals surface area (Å²) < 4.78 is 0. The van der Waals surface area contributed by atoms with Gasteiger partial charge >= 0.3 is 0 Å². The lowest BCUT2D eigenvalue weighted by Gasteiger charge is -2.12. The molecular weight excluding hydrogens is 240 g/mol. The van der Waals surface area contributed by atoms with Gasteiger partial charge in [0, 0.05) is 23.4 Å². The molecule has 1 atom stereocenters. The Morgan fingerprint density at radius 2 is 2.29 bits per heavy atom. The number of carbonyl (C=O) groups excluding carboxylic acids is 1. The van der Waals surface area contributed by atoms with Crippen LogP contribution in [0, 0.1) is 0 Å². The van der Waals surface area contributed by atoms with Gasteiger partial charge in [0.1, 0.15) is 0 Å². The van der Waals surface area contributed by atoms with Crippen LogP contribution in [-0.2, 0) is 4.79 Å². The lowest BCUT2D eigenvalue weighted by Crippen LogP contribution is -2.34. The van der Waals surface area contributed by atoms with E-state index in [2.05, 4.69) is 10.6 Å². The van der Waals surface area contributed by atoms with Gasteiger partial charge in [-0.2, -0.15) is 0 Å². The molecule has 0 aromatic heterocycles. The standard InChI is InChI=1S/C12H17ClN2O2/c1-9(5-6-16)14-8-12(17)15-11-4-2-3-10(13)7-11/h2-4,7,9,14,16H,5-6,8H2,1H3,(H,15,17). The lowest BCUT2D eigenvalue weighted by molar-refractivity contribution is -0.115. The molecule has 0 fully saturated rings. The van der Waals surface area contributed by atoms with E-state index in [4.69, 9.17) is 16.7 Å². The number of aliphatic hydroxyl groups excluding tert-OH is 1. The number of halogens is 1. The van der Waals surface area contributed by atoms with E-state index in [1.807, 2.05) is 6.92 Å². The molecule has 1 unspecified atom stereocenters. The first-order chi connectivity index (χ1) is 8.11. The zero-order valence-electron chi connectivity index (χ0n) is 9.74. The van der Waals surface area contributed by atoms with Gasteiger partial charge in [0.15, 0.2) is 0 Å². The second-order valence-electron chi connectivity index (χ2n) is 3.85. The third kappa shape index (κ3) is 5.68. The fraction of sp³-hybridized carbons (Fsp3) is 0.417. The summed E-state index contributed by atoms with van der Waals surface area (Å²) in [5.74, 6) is -0.128. The van der Waals surface area contributed by atoms with E-state index in [9.17, 15) is 4.79 Å². The number of anilines is 1. The monoisotopic (exact) mass is 256 g/mol. The third-order valence-corrected chi connectivity index (χ3v) is 2.52. The normalized spacial score (nSPS) is 12.2. The Kier molecular flexibility index (Phi) is 5.97. The van der Waals surface area contributed by atoms with Crippen molar-refractivity contribution in [1.82, 2.24) is 5.32 Å². The molecule has 17 heavy (non-hydrogen) atoms. The van der Waals surface area contributed by atoms with Crippen LogP contribution in [0.25, 0.3) is 0 Å². The van der Waals surface area contributed by atoms with Gasteiger partial charge < -0.3 is 15.7 Å². The average Bonchev–Trinajstić information content (AvgIpc) is 2.27. The van der Waals surface area contributed by atoms with Gasteiger partial charge in [-0.25, -0.2) is 0 Å². The summed E-state index contributed by atoms with van der Waals surface area (Å²) in [5, 5.41) is 15.0. The van der Waals surface area contributed by atoms with E-state index in [0.717, 1.165) is 0 Å². The van der Waals surface area contributed by atoms with E-state index >= 15 is 0 Å². The van der Waals surface area contributed by atoms with Crippen molar-refractivity contribution in [2.45, 2.75) is 19.4 Å². The lowest BCUT2D eigenvalue weighted by atomic mass is 10.2. The van der Waals surface area contributed by atoms with Gasteiger partial charge in [-0.15, -0.1) is 0 Å². The Bertz CT molecular complexity index is 371. The second-order valence-corrected chi connectivity index (χ2v) is 4.29. The Balaban J connectivity index is 2.34. The molecule has 0 aliphatic heterocycles. The average molecular weight is 257 g/mol. The Labute approximate surface area is 106 Å². The fourth-order valence-electron chi connectivity index (χ4n) is 1.33. The highest BCUT2D eigenvalue weighted by Crippen LogP contribution is 2.14.